The van der Waals surface area contributed by atoms with E-state index in [1.54, 1.807) is 6.07 Å². The van der Waals surface area contributed by atoms with Gasteiger partial charge in [0.25, 0.3) is 0 Å². The lowest BCUT2D eigenvalue weighted by atomic mass is 10.1. The van der Waals surface area contributed by atoms with Crippen LogP contribution in [0.5, 0.6) is 0 Å². The summed E-state index contributed by atoms with van der Waals surface area (Å²) in [6, 6.07) is 10.5. The topological polar surface area (TPSA) is 55.7 Å². The van der Waals surface area contributed by atoms with E-state index in [-0.39, 0.29) is 0 Å². The van der Waals surface area contributed by atoms with Crippen molar-refractivity contribution in [2.45, 2.75) is 25.4 Å². The Labute approximate surface area is 112 Å². The number of aromatic nitrogens is 2. The normalized spacial score (nSPS) is 19.4. The van der Waals surface area contributed by atoms with Crippen LogP contribution in [0.3, 0.4) is 0 Å². The summed E-state index contributed by atoms with van der Waals surface area (Å²) in [7, 11) is 0. The van der Waals surface area contributed by atoms with E-state index in [1.807, 2.05) is 24.5 Å². The molecule has 1 atom stereocenters. The van der Waals surface area contributed by atoms with Crippen LogP contribution in [0.4, 0.5) is 0 Å². The average Bonchev–Trinajstić information content (AvgIpc) is 3.10. The Balaban J connectivity index is 1.73. The maximum Gasteiger partial charge on any atom is 0.140 e. The van der Waals surface area contributed by atoms with Crippen LogP contribution in [-0.2, 0) is 6.54 Å². The third-order valence-electron chi connectivity index (χ3n) is 3.67. The van der Waals surface area contributed by atoms with Crippen molar-refractivity contribution in [3.05, 3.63) is 53.6 Å². The standard InChI is InChI=1S/C15H16N4/c16-9-13-6-5-12(10-18-13)11-19-8-2-4-15(19)14-3-1-7-17-14/h1,3,5-7,10,15,17H,2,4,8,11H2. The molecule has 0 aromatic carbocycles. The second kappa shape index (κ2) is 5.25. The summed E-state index contributed by atoms with van der Waals surface area (Å²) in [5.74, 6) is 0. The van der Waals surface area contributed by atoms with E-state index >= 15 is 0 Å². The maximum absolute atomic E-state index is 8.75. The van der Waals surface area contributed by atoms with Gasteiger partial charge in [-0.2, -0.15) is 5.26 Å². The second-order valence-corrected chi connectivity index (χ2v) is 4.92. The summed E-state index contributed by atoms with van der Waals surface area (Å²) in [6.07, 6.45) is 6.22. The number of aromatic amines is 1. The van der Waals surface area contributed by atoms with Crippen LogP contribution >= 0.6 is 0 Å². The van der Waals surface area contributed by atoms with Gasteiger partial charge in [0.05, 0.1) is 6.04 Å². The van der Waals surface area contributed by atoms with Crippen molar-refractivity contribution in [2.24, 2.45) is 0 Å². The van der Waals surface area contributed by atoms with E-state index in [2.05, 4.69) is 27.0 Å². The molecule has 0 bridgehead atoms. The number of nitriles is 1. The van der Waals surface area contributed by atoms with Gasteiger partial charge in [0.2, 0.25) is 0 Å². The quantitative estimate of drug-likeness (QED) is 0.913. The smallest absolute Gasteiger partial charge is 0.140 e. The minimum atomic E-state index is 0.477. The van der Waals surface area contributed by atoms with Crippen molar-refractivity contribution >= 4 is 0 Å². The SMILES string of the molecule is N#Cc1ccc(CN2CCCC2c2ccc[nH]2)cn1. The Morgan fingerprint density at radius 3 is 3.05 bits per heavy atom. The fourth-order valence-electron chi connectivity index (χ4n) is 2.74. The number of rotatable bonds is 3. The van der Waals surface area contributed by atoms with Crippen LogP contribution in [0.25, 0.3) is 0 Å². The molecule has 0 radical (unpaired) electrons. The first-order chi connectivity index (χ1) is 9.36. The number of likely N-dealkylation sites (tertiary alicyclic amines) is 1. The highest BCUT2D eigenvalue weighted by Crippen LogP contribution is 2.31. The largest absolute Gasteiger partial charge is 0.364 e. The highest BCUT2D eigenvalue weighted by molar-refractivity contribution is 5.23. The first-order valence-corrected chi connectivity index (χ1v) is 6.59. The molecule has 1 fully saturated rings. The first-order valence-electron chi connectivity index (χ1n) is 6.59. The molecule has 3 heterocycles. The van der Waals surface area contributed by atoms with Crippen molar-refractivity contribution in [3.63, 3.8) is 0 Å². The predicted molar refractivity (Wildman–Crippen MR) is 72.1 cm³/mol. The van der Waals surface area contributed by atoms with Gasteiger partial charge in [-0.15, -0.1) is 0 Å². The van der Waals surface area contributed by atoms with Gasteiger partial charge in [-0.05, 0) is 43.1 Å². The van der Waals surface area contributed by atoms with Crippen molar-refractivity contribution in [2.75, 3.05) is 6.54 Å². The van der Waals surface area contributed by atoms with Crippen LogP contribution < -0.4 is 0 Å². The minimum absolute atomic E-state index is 0.477. The third kappa shape index (κ3) is 2.51. The van der Waals surface area contributed by atoms with Gasteiger partial charge >= 0.3 is 0 Å². The van der Waals surface area contributed by atoms with Gasteiger partial charge in [0.15, 0.2) is 0 Å². The molecule has 0 spiro atoms. The van der Waals surface area contributed by atoms with E-state index in [0.717, 1.165) is 18.7 Å². The molecular formula is C15H16N4. The van der Waals surface area contributed by atoms with Gasteiger partial charge in [-0.25, -0.2) is 4.98 Å². The van der Waals surface area contributed by atoms with Crippen molar-refractivity contribution in [1.82, 2.24) is 14.9 Å². The van der Waals surface area contributed by atoms with Gasteiger partial charge < -0.3 is 4.98 Å². The molecule has 96 valence electrons. The van der Waals surface area contributed by atoms with Crippen LogP contribution in [-0.4, -0.2) is 21.4 Å². The van der Waals surface area contributed by atoms with Crippen LogP contribution in [0.2, 0.25) is 0 Å². The summed E-state index contributed by atoms with van der Waals surface area (Å²) >= 11 is 0. The van der Waals surface area contributed by atoms with E-state index in [4.69, 9.17) is 5.26 Å². The molecule has 1 aliphatic heterocycles. The summed E-state index contributed by atoms with van der Waals surface area (Å²) in [5.41, 5.74) is 2.93. The molecule has 0 saturated carbocycles. The Morgan fingerprint density at radius 2 is 2.37 bits per heavy atom. The number of pyridine rings is 1. The zero-order valence-corrected chi connectivity index (χ0v) is 10.7. The third-order valence-corrected chi connectivity index (χ3v) is 3.67. The number of nitrogens with zero attached hydrogens (tertiary/aromatic N) is 3. The highest BCUT2D eigenvalue weighted by Gasteiger charge is 2.26. The number of H-pyrrole nitrogens is 1. The molecule has 0 aliphatic carbocycles. The van der Waals surface area contributed by atoms with Gasteiger partial charge in [-0.1, -0.05) is 6.07 Å². The fourth-order valence-corrected chi connectivity index (χ4v) is 2.74. The van der Waals surface area contributed by atoms with E-state index in [9.17, 15) is 0 Å². The number of hydrogen-bond donors (Lipinski definition) is 1. The summed E-state index contributed by atoms with van der Waals surface area (Å²) in [5, 5.41) is 8.75. The second-order valence-electron chi connectivity index (χ2n) is 4.92. The Morgan fingerprint density at radius 1 is 1.42 bits per heavy atom. The van der Waals surface area contributed by atoms with E-state index < -0.39 is 0 Å². The molecule has 1 N–H and O–H groups in total. The van der Waals surface area contributed by atoms with Gasteiger partial charge in [-0.3, -0.25) is 4.90 Å². The van der Waals surface area contributed by atoms with Crippen molar-refractivity contribution in [1.29, 1.82) is 5.26 Å². The van der Waals surface area contributed by atoms with Crippen LogP contribution in [0.1, 0.15) is 35.8 Å². The molecule has 2 aromatic heterocycles. The summed E-state index contributed by atoms with van der Waals surface area (Å²) in [4.78, 5) is 9.91. The molecule has 4 nitrogen and oxygen atoms in total. The fraction of sp³-hybridized carbons (Fsp3) is 0.333. The minimum Gasteiger partial charge on any atom is -0.364 e. The summed E-state index contributed by atoms with van der Waals surface area (Å²) < 4.78 is 0. The first kappa shape index (κ1) is 11.9. The van der Waals surface area contributed by atoms with Gasteiger partial charge in [0, 0.05) is 24.6 Å². The molecule has 0 amide bonds. The molecule has 1 unspecified atom stereocenters. The molecule has 4 heteroatoms. The predicted octanol–water partition coefficient (Wildman–Crippen LogP) is 2.62. The molecular weight excluding hydrogens is 236 g/mol. The maximum atomic E-state index is 8.75. The zero-order valence-electron chi connectivity index (χ0n) is 10.7. The van der Waals surface area contributed by atoms with Gasteiger partial charge in [0.1, 0.15) is 11.8 Å². The molecule has 1 aliphatic rings. The summed E-state index contributed by atoms with van der Waals surface area (Å²) in [6.45, 7) is 2.01. The number of hydrogen-bond acceptors (Lipinski definition) is 3. The van der Waals surface area contributed by atoms with Crippen LogP contribution in [0.15, 0.2) is 36.7 Å². The zero-order chi connectivity index (χ0) is 13.1. The van der Waals surface area contributed by atoms with E-state index in [1.165, 1.54) is 18.5 Å². The van der Waals surface area contributed by atoms with E-state index in [0.29, 0.717) is 11.7 Å². The Bertz CT molecular complexity index is 565. The number of nitrogens with one attached hydrogen (secondary N) is 1. The lowest BCUT2D eigenvalue weighted by molar-refractivity contribution is 0.245. The lowest BCUT2D eigenvalue weighted by Gasteiger charge is -2.23. The highest BCUT2D eigenvalue weighted by atomic mass is 15.2. The van der Waals surface area contributed by atoms with Crippen molar-refractivity contribution in [3.8, 4) is 6.07 Å². The van der Waals surface area contributed by atoms with Crippen LogP contribution in [0, 0.1) is 11.3 Å². The monoisotopic (exact) mass is 252 g/mol. The molecule has 19 heavy (non-hydrogen) atoms. The molecule has 2 aromatic rings. The van der Waals surface area contributed by atoms with Crippen molar-refractivity contribution < 1.29 is 0 Å². The average molecular weight is 252 g/mol. The Hall–Kier alpha value is -2.12. The molecule has 3 rings (SSSR count). The Kier molecular flexibility index (Phi) is 3.30. The molecule has 1 saturated heterocycles. The lowest BCUT2D eigenvalue weighted by Crippen LogP contribution is -2.23.